The lowest BCUT2D eigenvalue weighted by Crippen LogP contribution is -2.39. The Balaban J connectivity index is 4.31. The third kappa shape index (κ3) is 2.27. The standard InChI is InChI=1S/C8H16O3/c1-4-6(10)8(2,3)7(11)5-9/h7,9,11H,4-5H2,1-3H3/t7-/m0/s1. The van der Waals surface area contributed by atoms with Crippen molar-refractivity contribution in [1.82, 2.24) is 0 Å². The normalized spacial score (nSPS) is 14.6. The summed E-state index contributed by atoms with van der Waals surface area (Å²) in [5.74, 6) is -0.0287. The molecule has 0 aliphatic heterocycles. The minimum atomic E-state index is -0.949. The first-order valence-corrected chi connectivity index (χ1v) is 3.79. The predicted octanol–water partition coefficient (Wildman–Crippen LogP) is 0.345. The number of aliphatic hydroxyl groups excluding tert-OH is 2. The minimum Gasteiger partial charge on any atom is -0.394 e. The van der Waals surface area contributed by atoms with Crippen LogP contribution in [-0.2, 0) is 4.79 Å². The monoisotopic (exact) mass is 160 g/mol. The highest BCUT2D eigenvalue weighted by atomic mass is 16.3. The van der Waals surface area contributed by atoms with E-state index in [1.54, 1.807) is 20.8 Å². The molecule has 0 heterocycles. The van der Waals surface area contributed by atoms with Crippen molar-refractivity contribution in [2.45, 2.75) is 33.3 Å². The third-order valence-electron chi connectivity index (χ3n) is 2.05. The van der Waals surface area contributed by atoms with Crippen LogP contribution in [0.4, 0.5) is 0 Å². The van der Waals surface area contributed by atoms with E-state index < -0.39 is 11.5 Å². The van der Waals surface area contributed by atoms with Crippen molar-refractivity contribution < 1.29 is 15.0 Å². The summed E-state index contributed by atoms with van der Waals surface area (Å²) in [7, 11) is 0. The van der Waals surface area contributed by atoms with Crippen molar-refractivity contribution in [3.63, 3.8) is 0 Å². The van der Waals surface area contributed by atoms with Crippen molar-refractivity contribution in [2.75, 3.05) is 6.61 Å². The van der Waals surface area contributed by atoms with Gasteiger partial charge in [-0.15, -0.1) is 0 Å². The van der Waals surface area contributed by atoms with Gasteiger partial charge in [0.05, 0.1) is 18.1 Å². The van der Waals surface area contributed by atoms with Crippen LogP contribution in [0.3, 0.4) is 0 Å². The summed E-state index contributed by atoms with van der Waals surface area (Å²) >= 11 is 0. The van der Waals surface area contributed by atoms with Crippen LogP contribution in [0.25, 0.3) is 0 Å². The molecular weight excluding hydrogens is 144 g/mol. The van der Waals surface area contributed by atoms with Crippen molar-refractivity contribution in [2.24, 2.45) is 5.41 Å². The first-order valence-electron chi connectivity index (χ1n) is 3.79. The van der Waals surface area contributed by atoms with Gasteiger partial charge < -0.3 is 10.2 Å². The van der Waals surface area contributed by atoms with Crippen LogP contribution in [-0.4, -0.2) is 28.7 Å². The van der Waals surface area contributed by atoms with Gasteiger partial charge in [-0.25, -0.2) is 0 Å². The number of aliphatic hydroxyl groups is 2. The molecule has 0 amide bonds. The average Bonchev–Trinajstić information content (AvgIpc) is 2.01. The highest BCUT2D eigenvalue weighted by Crippen LogP contribution is 2.22. The fourth-order valence-electron chi connectivity index (χ4n) is 0.870. The molecule has 2 N–H and O–H groups in total. The second kappa shape index (κ2) is 3.83. The molecule has 0 aromatic carbocycles. The van der Waals surface area contributed by atoms with Gasteiger partial charge in [0.2, 0.25) is 0 Å². The lowest BCUT2D eigenvalue weighted by molar-refractivity contribution is -0.134. The Morgan fingerprint density at radius 2 is 2.00 bits per heavy atom. The molecule has 0 saturated heterocycles. The molecule has 0 aliphatic rings. The number of carbonyl (C=O) groups is 1. The van der Waals surface area contributed by atoms with Crippen LogP contribution in [0.5, 0.6) is 0 Å². The van der Waals surface area contributed by atoms with Gasteiger partial charge in [-0.2, -0.15) is 0 Å². The second-order valence-electron chi connectivity index (χ2n) is 3.20. The molecule has 0 spiro atoms. The molecule has 0 radical (unpaired) electrons. The summed E-state index contributed by atoms with van der Waals surface area (Å²) in [6, 6.07) is 0. The molecule has 66 valence electrons. The quantitative estimate of drug-likeness (QED) is 0.623. The van der Waals surface area contributed by atoms with E-state index in [0.717, 1.165) is 0 Å². The number of Topliss-reactive ketones (excluding diaryl/α,β-unsaturated/α-hetero) is 1. The van der Waals surface area contributed by atoms with E-state index in [1.165, 1.54) is 0 Å². The first-order chi connectivity index (χ1) is 4.96. The predicted molar refractivity (Wildman–Crippen MR) is 42.2 cm³/mol. The SMILES string of the molecule is CCC(=O)C(C)(C)[C@@H](O)CO. The van der Waals surface area contributed by atoms with E-state index in [9.17, 15) is 9.90 Å². The van der Waals surface area contributed by atoms with Gasteiger partial charge in [-0.3, -0.25) is 4.79 Å². The first kappa shape index (κ1) is 10.6. The Bertz CT molecular complexity index is 140. The molecule has 0 aromatic rings. The van der Waals surface area contributed by atoms with Gasteiger partial charge in [0, 0.05) is 6.42 Å². The molecule has 0 bridgehead atoms. The highest BCUT2D eigenvalue weighted by Gasteiger charge is 2.33. The van der Waals surface area contributed by atoms with E-state index in [0.29, 0.717) is 6.42 Å². The molecule has 0 aliphatic carbocycles. The summed E-state index contributed by atoms with van der Waals surface area (Å²) < 4.78 is 0. The molecule has 0 fully saturated rings. The smallest absolute Gasteiger partial charge is 0.140 e. The number of hydrogen-bond acceptors (Lipinski definition) is 3. The van der Waals surface area contributed by atoms with Crippen LogP contribution in [0.2, 0.25) is 0 Å². The number of rotatable bonds is 4. The summed E-state index contributed by atoms with van der Waals surface area (Å²) in [6.45, 7) is 4.66. The molecule has 1 atom stereocenters. The third-order valence-corrected chi connectivity index (χ3v) is 2.05. The maximum atomic E-state index is 11.2. The van der Waals surface area contributed by atoms with Crippen LogP contribution in [0.15, 0.2) is 0 Å². The van der Waals surface area contributed by atoms with Gasteiger partial charge in [0.15, 0.2) is 0 Å². The molecule has 0 saturated carbocycles. The van der Waals surface area contributed by atoms with E-state index in [1.807, 2.05) is 0 Å². The molecule has 0 unspecified atom stereocenters. The second-order valence-corrected chi connectivity index (χ2v) is 3.20. The molecule has 0 aromatic heterocycles. The molecular formula is C8H16O3. The van der Waals surface area contributed by atoms with Crippen molar-refractivity contribution in [3.8, 4) is 0 Å². The van der Waals surface area contributed by atoms with Gasteiger partial charge >= 0.3 is 0 Å². The van der Waals surface area contributed by atoms with Gasteiger partial charge in [-0.05, 0) is 0 Å². The Labute approximate surface area is 67.0 Å². The van der Waals surface area contributed by atoms with E-state index in [4.69, 9.17) is 5.11 Å². The Morgan fingerprint density at radius 3 is 2.27 bits per heavy atom. The maximum Gasteiger partial charge on any atom is 0.140 e. The van der Waals surface area contributed by atoms with E-state index in [-0.39, 0.29) is 12.4 Å². The maximum absolute atomic E-state index is 11.2. The number of carbonyl (C=O) groups excluding carboxylic acids is 1. The van der Waals surface area contributed by atoms with E-state index >= 15 is 0 Å². The Morgan fingerprint density at radius 1 is 1.55 bits per heavy atom. The van der Waals surface area contributed by atoms with Crippen molar-refractivity contribution in [3.05, 3.63) is 0 Å². The lowest BCUT2D eigenvalue weighted by Gasteiger charge is -2.26. The lowest BCUT2D eigenvalue weighted by atomic mass is 9.81. The summed E-state index contributed by atoms with van der Waals surface area (Å²) in [5.41, 5.74) is -0.816. The Hall–Kier alpha value is -0.410. The van der Waals surface area contributed by atoms with E-state index in [2.05, 4.69) is 0 Å². The minimum absolute atomic E-state index is 0.0287. The van der Waals surface area contributed by atoms with Gasteiger partial charge in [-0.1, -0.05) is 20.8 Å². The summed E-state index contributed by atoms with van der Waals surface area (Å²) in [6.07, 6.45) is -0.556. The van der Waals surface area contributed by atoms with Crippen LogP contribution >= 0.6 is 0 Å². The fraction of sp³-hybridized carbons (Fsp3) is 0.875. The topological polar surface area (TPSA) is 57.5 Å². The zero-order valence-corrected chi connectivity index (χ0v) is 7.29. The zero-order valence-electron chi connectivity index (χ0n) is 7.29. The average molecular weight is 160 g/mol. The molecule has 0 rings (SSSR count). The molecule has 11 heavy (non-hydrogen) atoms. The molecule has 3 nitrogen and oxygen atoms in total. The van der Waals surface area contributed by atoms with Crippen molar-refractivity contribution in [1.29, 1.82) is 0 Å². The zero-order chi connectivity index (χ0) is 9.07. The fourth-order valence-corrected chi connectivity index (χ4v) is 0.870. The Kier molecular flexibility index (Phi) is 3.69. The highest BCUT2D eigenvalue weighted by molar-refractivity contribution is 5.84. The summed E-state index contributed by atoms with van der Waals surface area (Å²) in [4.78, 5) is 11.2. The van der Waals surface area contributed by atoms with Crippen LogP contribution in [0.1, 0.15) is 27.2 Å². The summed E-state index contributed by atoms with van der Waals surface area (Å²) in [5, 5.41) is 17.8. The molecule has 3 heteroatoms. The van der Waals surface area contributed by atoms with Gasteiger partial charge in [0.25, 0.3) is 0 Å². The van der Waals surface area contributed by atoms with Crippen molar-refractivity contribution >= 4 is 5.78 Å². The van der Waals surface area contributed by atoms with Crippen LogP contribution < -0.4 is 0 Å². The largest absolute Gasteiger partial charge is 0.394 e. The number of hydrogen-bond donors (Lipinski definition) is 2. The van der Waals surface area contributed by atoms with Crippen LogP contribution in [0, 0.1) is 5.41 Å². The van der Waals surface area contributed by atoms with Gasteiger partial charge in [0.1, 0.15) is 5.78 Å². The number of ketones is 1.